The average Bonchev–Trinajstić information content (AvgIpc) is 2.62. The van der Waals surface area contributed by atoms with E-state index in [1.54, 1.807) is 6.07 Å². The topological polar surface area (TPSA) is 50.8 Å². The molecule has 0 aliphatic carbocycles. The molecule has 1 N–H and O–H groups in total. The molecule has 2 heterocycles. The van der Waals surface area contributed by atoms with Crippen LogP contribution in [-0.4, -0.2) is 23.9 Å². The van der Waals surface area contributed by atoms with Gasteiger partial charge in [0.2, 0.25) is 0 Å². The molecule has 2 atom stereocenters. The molecule has 1 fully saturated rings. The largest absolute Gasteiger partial charge is 0.467 e. The SMILES string of the molecule is COC(=O)c1ccc2c(c1)[C@@H]1C[C@@](C)(O2)N(c2c(C)cccc2C)C(=S)N1. The second-order valence-electron chi connectivity index (χ2n) is 7.30. The van der Waals surface area contributed by atoms with Crippen LogP contribution in [0.25, 0.3) is 0 Å². The summed E-state index contributed by atoms with van der Waals surface area (Å²) < 4.78 is 11.3. The first-order chi connectivity index (χ1) is 12.8. The molecule has 5 nitrogen and oxygen atoms in total. The number of esters is 1. The van der Waals surface area contributed by atoms with Gasteiger partial charge in [0.25, 0.3) is 0 Å². The van der Waals surface area contributed by atoms with Gasteiger partial charge in [0.15, 0.2) is 10.8 Å². The smallest absolute Gasteiger partial charge is 0.337 e. The van der Waals surface area contributed by atoms with Crippen molar-refractivity contribution in [3.05, 3.63) is 58.7 Å². The maximum absolute atomic E-state index is 11.9. The minimum absolute atomic E-state index is 0.0172. The molecule has 0 unspecified atom stereocenters. The van der Waals surface area contributed by atoms with Crippen molar-refractivity contribution in [2.45, 2.75) is 39.0 Å². The molecule has 0 saturated carbocycles. The molecular formula is C21H22N2O3S. The standard InChI is InChI=1S/C21H22N2O3S/c1-12-6-5-7-13(2)18(12)23-20(27)22-16-11-21(23,3)26-17-9-8-14(10-15(16)17)19(24)25-4/h5-10,16H,11H2,1-4H3,(H,22,27)/t16-,21+/m0/s1. The Morgan fingerprint density at radius 2 is 2.00 bits per heavy atom. The predicted octanol–water partition coefficient (Wildman–Crippen LogP) is 4.02. The number of hydrogen-bond donors (Lipinski definition) is 1. The third kappa shape index (κ3) is 2.75. The monoisotopic (exact) mass is 382 g/mol. The number of nitrogens with zero attached hydrogens (tertiary/aromatic N) is 1. The van der Waals surface area contributed by atoms with Gasteiger partial charge in [-0.15, -0.1) is 0 Å². The van der Waals surface area contributed by atoms with Gasteiger partial charge in [0, 0.05) is 12.0 Å². The van der Waals surface area contributed by atoms with E-state index in [4.69, 9.17) is 21.7 Å². The molecule has 0 spiro atoms. The number of nitrogens with one attached hydrogen (secondary N) is 1. The van der Waals surface area contributed by atoms with Gasteiger partial charge in [-0.25, -0.2) is 4.79 Å². The third-order valence-electron chi connectivity index (χ3n) is 5.36. The Balaban J connectivity index is 1.80. The van der Waals surface area contributed by atoms with Gasteiger partial charge >= 0.3 is 5.97 Å². The number of methoxy groups -OCH3 is 1. The number of benzene rings is 2. The highest BCUT2D eigenvalue weighted by Crippen LogP contribution is 2.47. The van der Waals surface area contributed by atoms with Crippen LogP contribution in [0.15, 0.2) is 36.4 Å². The maximum Gasteiger partial charge on any atom is 0.337 e. The van der Waals surface area contributed by atoms with Gasteiger partial charge in [0.05, 0.1) is 24.4 Å². The molecule has 2 aliphatic rings. The van der Waals surface area contributed by atoms with E-state index in [9.17, 15) is 4.79 Å². The Hall–Kier alpha value is -2.60. The van der Waals surface area contributed by atoms with Crippen molar-refractivity contribution in [3.8, 4) is 5.75 Å². The molecule has 0 amide bonds. The molecule has 4 rings (SSSR count). The number of ether oxygens (including phenoxy) is 2. The van der Waals surface area contributed by atoms with Gasteiger partial charge in [-0.3, -0.25) is 4.90 Å². The molecule has 2 bridgehead atoms. The van der Waals surface area contributed by atoms with Gasteiger partial charge in [0.1, 0.15) is 5.75 Å². The molecule has 27 heavy (non-hydrogen) atoms. The van der Waals surface area contributed by atoms with Crippen molar-refractivity contribution in [2.24, 2.45) is 0 Å². The van der Waals surface area contributed by atoms with Crippen molar-refractivity contribution in [1.29, 1.82) is 0 Å². The van der Waals surface area contributed by atoms with E-state index in [1.807, 2.05) is 18.2 Å². The minimum atomic E-state index is -0.607. The average molecular weight is 382 g/mol. The normalized spacial score (nSPS) is 23.2. The Kier molecular flexibility index (Phi) is 4.11. The van der Waals surface area contributed by atoms with Crippen molar-refractivity contribution in [3.63, 3.8) is 0 Å². The number of rotatable bonds is 2. The summed E-state index contributed by atoms with van der Waals surface area (Å²) in [5, 5.41) is 4.07. The van der Waals surface area contributed by atoms with Crippen LogP contribution < -0.4 is 15.0 Å². The molecule has 2 aromatic rings. The van der Waals surface area contributed by atoms with E-state index in [0.29, 0.717) is 17.1 Å². The third-order valence-corrected chi connectivity index (χ3v) is 5.66. The fraction of sp³-hybridized carbons (Fsp3) is 0.333. The highest BCUT2D eigenvalue weighted by Gasteiger charge is 2.49. The lowest BCUT2D eigenvalue weighted by Gasteiger charge is -2.52. The highest BCUT2D eigenvalue weighted by molar-refractivity contribution is 7.80. The number of aryl methyl sites for hydroxylation is 2. The van der Waals surface area contributed by atoms with Crippen LogP contribution in [0.3, 0.4) is 0 Å². The van der Waals surface area contributed by atoms with E-state index in [1.165, 1.54) is 7.11 Å². The molecule has 1 saturated heterocycles. The van der Waals surface area contributed by atoms with Crippen LogP contribution in [0.5, 0.6) is 5.75 Å². The van der Waals surface area contributed by atoms with E-state index >= 15 is 0 Å². The zero-order chi connectivity index (χ0) is 19.3. The van der Waals surface area contributed by atoms with Crippen LogP contribution in [0.2, 0.25) is 0 Å². The van der Waals surface area contributed by atoms with Crippen LogP contribution in [0.1, 0.15) is 46.4 Å². The number of thiocarbonyl (C=S) groups is 1. The van der Waals surface area contributed by atoms with Gasteiger partial charge in [-0.1, -0.05) is 18.2 Å². The molecule has 140 valence electrons. The fourth-order valence-corrected chi connectivity index (χ4v) is 4.54. The van der Waals surface area contributed by atoms with E-state index in [-0.39, 0.29) is 12.0 Å². The van der Waals surface area contributed by atoms with Crippen LogP contribution in [-0.2, 0) is 4.74 Å². The molecule has 2 aromatic carbocycles. The molecule has 6 heteroatoms. The van der Waals surface area contributed by atoms with Crippen LogP contribution in [0, 0.1) is 13.8 Å². The van der Waals surface area contributed by atoms with E-state index in [2.05, 4.69) is 43.1 Å². The quantitative estimate of drug-likeness (QED) is 0.625. The summed E-state index contributed by atoms with van der Waals surface area (Å²) in [5.74, 6) is 0.398. The first-order valence-electron chi connectivity index (χ1n) is 8.92. The fourth-order valence-electron chi connectivity index (χ4n) is 4.12. The van der Waals surface area contributed by atoms with Gasteiger partial charge in [-0.05, 0) is 62.3 Å². The van der Waals surface area contributed by atoms with E-state index < -0.39 is 5.72 Å². The van der Waals surface area contributed by atoms with E-state index in [0.717, 1.165) is 28.1 Å². The Labute approximate surface area is 164 Å². The lowest BCUT2D eigenvalue weighted by molar-refractivity contribution is 0.0492. The zero-order valence-electron chi connectivity index (χ0n) is 15.8. The van der Waals surface area contributed by atoms with Crippen molar-refractivity contribution in [2.75, 3.05) is 12.0 Å². The van der Waals surface area contributed by atoms with Crippen molar-refractivity contribution in [1.82, 2.24) is 5.32 Å². The van der Waals surface area contributed by atoms with Gasteiger partial charge in [-0.2, -0.15) is 0 Å². The lowest BCUT2D eigenvalue weighted by atomic mass is 9.88. The zero-order valence-corrected chi connectivity index (χ0v) is 16.6. The van der Waals surface area contributed by atoms with Crippen molar-refractivity contribution < 1.29 is 14.3 Å². The van der Waals surface area contributed by atoms with Crippen LogP contribution >= 0.6 is 12.2 Å². The van der Waals surface area contributed by atoms with Crippen LogP contribution in [0.4, 0.5) is 5.69 Å². The summed E-state index contributed by atoms with van der Waals surface area (Å²) in [6.07, 6.45) is 0.707. The molecule has 0 radical (unpaired) electrons. The lowest BCUT2D eigenvalue weighted by Crippen LogP contribution is -2.65. The number of anilines is 1. The first kappa shape index (κ1) is 17.8. The molecular weight excluding hydrogens is 360 g/mol. The molecule has 0 aromatic heterocycles. The maximum atomic E-state index is 11.9. The number of fused-ring (bicyclic) bond motifs is 4. The summed E-state index contributed by atoms with van der Waals surface area (Å²) in [5.41, 5.74) is 4.20. The number of para-hydroxylation sites is 1. The van der Waals surface area contributed by atoms with Gasteiger partial charge < -0.3 is 14.8 Å². The second-order valence-corrected chi connectivity index (χ2v) is 7.69. The summed E-state index contributed by atoms with van der Waals surface area (Å²) in [4.78, 5) is 14.0. The summed E-state index contributed by atoms with van der Waals surface area (Å²) >= 11 is 5.73. The Morgan fingerprint density at radius 1 is 1.30 bits per heavy atom. The highest BCUT2D eigenvalue weighted by atomic mass is 32.1. The minimum Gasteiger partial charge on any atom is -0.467 e. The second kappa shape index (κ2) is 6.23. The Morgan fingerprint density at radius 3 is 2.67 bits per heavy atom. The Bertz CT molecular complexity index is 938. The summed E-state index contributed by atoms with van der Waals surface area (Å²) in [6, 6.07) is 11.6. The summed E-state index contributed by atoms with van der Waals surface area (Å²) in [7, 11) is 1.38. The summed E-state index contributed by atoms with van der Waals surface area (Å²) in [6.45, 7) is 6.23. The van der Waals surface area contributed by atoms with Crippen molar-refractivity contribution >= 4 is 29.0 Å². The number of hydrogen-bond acceptors (Lipinski definition) is 4. The predicted molar refractivity (Wildman–Crippen MR) is 108 cm³/mol. The number of carbonyl (C=O) groups excluding carboxylic acids is 1. The number of carbonyl (C=O) groups is 1. The molecule has 2 aliphatic heterocycles. The first-order valence-corrected chi connectivity index (χ1v) is 9.33.